The van der Waals surface area contributed by atoms with Gasteiger partial charge >= 0.3 is 0 Å². The molecular weight excluding hydrogens is 306 g/mol. The zero-order valence-electron chi connectivity index (χ0n) is 12.1. The first-order chi connectivity index (χ1) is 10.4. The molecule has 0 saturated carbocycles. The second-order valence-electron chi connectivity index (χ2n) is 5.37. The van der Waals surface area contributed by atoms with Crippen LogP contribution in [-0.2, 0) is 17.9 Å². The normalized spacial score (nSPS) is 20.4. The molecule has 0 amide bonds. The summed E-state index contributed by atoms with van der Waals surface area (Å²) in [5, 5.41) is -0.0820. The summed E-state index contributed by atoms with van der Waals surface area (Å²) < 4.78 is 3.32. The summed E-state index contributed by atoms with van der Waals surface area (Å²) >= 11 is 5.92. The monoisotopic (exact) mass is 321 g/mol. The lowest BCUT2D eigenvalue weighted by Crippen LogP contribution is -2.27. The van der Waals surface area contributed by atoms with E-state index in [0.29, 0.717) is 24.5 Å². The summed E-state index contributed by atoms with van der Waals surface area (Å²) in [6.45, 7) is 2.92. The molecule has 1 aliphatic carbocycles. The fraction of sp³-hybridized carbons (Fsp3) is 0.357. The van der Waals surface area contributed by atoms with Crippen LogP contribution in [0.15, 0.2) is 32.2 Å². The predicted molar refractivity (Wildman–Crippen MR) is 85.3 cm³/mol. The van der Waals surface area contributed by atoms with Gasteiger partial charge in [0.2, 0.25) is 5.78 Å². The van der Waals surface area contributed by atoms with E-state index < -0.39 is 0 Å². The van der Waals surface area contributed by atoms with E-state index in [4.69, 9.17) is 23.1 Å². The van der Waals surface area contributed by atoms with E-state index >= 15 is 0 Å². The average molecular weight is 322 g/mol. The molecule has 1 aromatic heterocycles. The molecule has 0 unspecified atom stereocenters. The van der Waals surface area contributed by atoms with Crippen molar-refractivity contribution in [2.75, 3.05) is 5.73 Å². The van der Waals surface area contributed by atoms with Crippen molar-refractivity contribution >= 4 is 34.6 Å². The van der Waals surface area contributed by atoms with Crippen LogP contribution >= 0.6 is 11.6 Å². The van der Waals surface area contributed by atoms with Crippen molar-refractivity contribution in [3.05, 3.63) is 32.7 Å². The molecule has 0 atom stereocenters. The second-order valence-corrected chi connectivity index (χ2v) is 5.75. The van der Waals surface area contributed by atoms with Gasteiger partial charge < -0.3 is 11.5 Å². The zero-order valence-corrected chi connectivity index (χ0v) is 12.9. The van der Waals surface area contributed by atoms with Gasteiger partial charge in [-0.2, -0.15) is 0 Å². The summed E-state index contributed by atoms with van der Waals surface area (Å²) in [7, 11) is 0. The molecule has 22 heavy (non-hydrogen) atoms. The van der Waals surface area contributed by atoms with Crippen LogP contribution in [-0.4, -0.2) is 20.9 Å². The number of aromatic nitrogens is 2. The first kappa shape index (κ1) is 14.6. The summed E-state index contributed by atoms with van der Waals surface area (Å²) in [6.07, 6.45) is 3.42. The first-order valence-electron chi connectivity index (χ1n) is 6.98. The number of hydrogen-bond acceptors (Lipinski definition) is 5. The standard InChI is InChI=1S/C14H16ClN5O2/c1-7-6-8(10(16)9(15)12(7)21)18-11-13(17)19-4-2-3-5-20(19)14(11)22/h6H,2-5,16-17H2,1H3/b18-8+. The SMILES string of the molecule is CC1=C/C(=N\c2c(N)n3n(c2=O)CCCC3)C(N)=C(Cl)C1=O. The molecule has 2 aliphatic rings. The van der Waals surface area contributed by atoms with Gasteiger partial charge in [-0.3, -0.25) is 14.3 Å². The molecule has 0 aromatic carbocycles. The molecule has 0 fully saturated rings. The number of allylic oxidation sites excluding steroid dienone is 3. The third kappa shape index (κ3) is 2.09. The van der Waals surface area contributed by atoms with Crippen LogP contribution in [0.4, 0.5) is 11.5 Å². The second kappa shape index (κ2) is 5.17. The number of carbonyl (C=O) groups is 1. The highest BCUT2D eigenvalue weighted by molar-refractivity contribution is 6.49. The van der Waals surface area contributed by atoms with E-state index in [1.807, 2.05) is 0 Å². The molecule has 0 spiro atoms. The van der Waals surface area contributed by atoms with Crippen molar-refractivity contribution in [2.24, 2.45) is 10.7 Å². The smallest absolute Gasteiger partial charge is 0.294 e. The van der Waals surface area contributed by atoms with Crippen molar-refractivity contribution in [2.45, 2.75) is 32.9 Å². The fourth-order valence-corrected chi connectivity index (χ4v) is 2.90. The number of nitrogens with zero attached hydrogens (tertiary/aromatic N) is 3. The molecule has 8 heteroatoms. The lowest BCUT2D eigenvalue weighted by Gasteiger charge is -2.17. The van der Waals surface area contributed by atoms with Gasteiger partial charge in [0, 0.05) is 18.7 Å². The number of nitrogens with two attached hydrogens (primary N) is 2. The molecule has 0 saturated heterocycles. The largest absolute Gasteiger partial charge is 0.396 e. The molecule has 1 aromatic rings. The highest BCUT2D eigenvalue weighted by Crippen LogP contribution is 2.25. The van der Waals surface area contributed by atoms with Gasteiger partial charge in [0.1, 0.15) is 5.03 Å². The maximum Gasteiger partial charge on any atom is 0.294 e. The Balaban J connectivity index is 2.16. The van der Waals surface area contributed by atoms with Gasteiger partial charge in [0.15, 0.2) is 11.5 Å². The Hall–Kier alpha value is -2.28. The third-order valence-electron chi connectivity index (χ3n) is 3.89. The summed E-state index contributed by atoms with van der Waals surface area (Å²) in [6, 6.07) is 0. The highest BCUT2D eigenvalue weighted by Gasteiger charge is 2.24. The maximum absolute atomic E-state index is 12.4. The van der Waals surface area contributed by atoms with Crippen LogP contribution in [0.25, 0.3) is 0 Å². The molecule has 0 radical (unpaired) electrons. The lowest BCUT2D eigenvalue weighted by molar-refractivity contribution is -0.111. The Labute approximate surface area is 131 Å². The molecule has 3 rings (SSSR count). The van der Waals surface area contributed by atoms with Crippen molar-refractivity contribution in [3.63, 3.8) is 0 Å². The zero-order chi connectivity index (χ0) is 16.0. The number of halogens is 1. The first-order valence-corrected chi connectivity index (χ1v) is 7.36. The third-order valence-corrected chi connectivity index (χ3v) is 4.27. The fourth-order valence-electron chi connectivity index (χ4n) is 2.65. The van der Waals surface area contributed by atoms with E-state index in [9.17, 15) is 9.59 Å². The minimum Gasteiger partial charge on any atom is -0.396 e. The summed E-state index contributed by atoms with van der Waals surface area (Å²) in [4.78, 5) is 28.4. The minimum atomic E-state index is -0.334. The van der Waals surface area contributed by atoms with Crippen molar-refractivity contribution in [3.8, 4) is 0 Å². The van der Waals surface area contributed by atoms with Gasteiger partial charge in [-0.15, -0.1) is 0 Å². The van der Waals surface area contributed by atoms with Gasteiger partial charge in [0.25, 0.3) is 5.56 Å². The van der Waals surface area contributed by atoms with Gasteiger partial charge in [-0.05, 0) is 25.8 Å². The van der Waals surface area contributed by atoms with E-state index in [1.165, 1.54) is 6.08 Å². The van der Waals surface area contributed by atoms with Crippen LogP contribution in [0, 0.1) is 0 Å². The number of anilines is 1. The van der Waals surface area contributed by atoms with E-state index in [-0.39, 0.29) is 33.5 Å². The molecule has 116 valence electrons. The highest BCUT2D eigenvalue weighted by atomic mass is 35.5. The number of hydrogen-bond donors (Lipinski definition) is 2. The van der Waals surface area contributed by atoms with Crippen LogP contribution in [0.2, 0.25) is 0 Å². The Morgan fingerprint density at radius 2 is 1.82 bits per heavy atom. The van der Waals surface area contributed by atoms with Crippen LogP contribution < -0.4 is 17.0 Å². The van der Waals surface area contributed by atoms with E-state index in [2.05, 4.69) is 4.99 Å². The van der Waals surface area contributed by atoms with Crippen LogP contribution in [0.3, 0.4) is 0 Å². The van der Waals surface area contributed by atoms with E-state index in [1.54, 1.807) is 16.3 Å². The van der Waals surface area contributed by atoms with Crippen molar-refractivity contribution < 1.29 is 4.79 Å². The van der Waals surface area contributed by atoms with Gasteiger partial charge in [-0.25, -0.2) is 9.67 Å². The number of ketones is 1. The number of rotatable bonds is 1. The molecular formula is C14H16ClN5O2. The minimum absolute atomic E-state index is 0.0604. The topological polar surface area (TPSA) is 108 Å². The van der Waals surface area contributed by atoms with Crippen molar-refractivity contribution in [1.82, 2.24) is 9.36 Å². The predicted octanol–water partition coefficient (Wildman–Crippen LogP) is 1.04. The number of aliphatic imine (C=N–C) groups is 1. The molecule has 2 heterocycles. The van der Waals surface area contributed by atoms with Crippen LogP contribution in [0.5, 0.6) is 0 Å². The number of nitrogen functional groups attached to an aromatic ring is 1. The Bertz CT molecular complexity index is 825. The van der Waals surface area contributed by atoms with E-state index in [0.717, 1.165) is 12.8 Å². The van der Waals surface area contributed by atoms with Gasteiger partial charge in [-0.1, -0.05) is 11.6 Å². The Morgan fingerprint density at radius 1 is 1.18 bits per heavy atom. The summed E-state index contributed by atoms with van der Waals surface area (Å²) in [5.74, 6) is -0.0249. The molecule has 0 bridgehead atoms. The van der Waals surface area contributed by atoms with Crippen LogP contribution in [0.1, 0.15) is 19.8 Å². The molecule has 7 nitrogen and oxygen atoms in total. The van der Waals surface area contributed by atoms with Gasteiger partial charge in [0.05, 0.1) is 11.4 Å². The number of Topliss-reactive ketones (excluding diaryl/α,β-unsaturated/α-hetero) is 1. The molecule has 1 aliphatic heterocycles. The lowest BCUT2D eigenvalue weighted by atomic mass is 10.0. The maximum atomic E-state index is 12.4. The quantitative estimate of drug-likeness (QED) is 0.753. The summed E-state index contributed by atoms with van der Waals surface area (Å²) in [5.41, 5.74) is 12.5. The Morgan fingerprint density at radius 3 is 2.45 bits per heavy atom. The average Bonchev–Trinajstić information content (AvgIpc) is 2.76. The number of fused-ring (bicyclic) bond motifs is 1. The van der Waals surface area contributed by atoms with Crippen molar-refractivity contribution in [1.29, 1.82) is 0 Å². The molecule has 4 N–H and O–H groups in total. The number of carbonyl (C=O) groups excluding carboxylic acids is 1. The Kier molecular flexibility index (Phi) is 3.44.